The first-order valence-corrected chi connectivity index (χ1v) is 9.08. The summed E-state index contributed by atoms with van der Waals surface area (Å²) in [7, 11) is 1.77. The minimum atomic E-state index is -0.221. The van der Waals surface area contributed by atoms with Crippen molar-refractivity contribution in [1.82, 2.24) is 15.6 Å². The van der Waals surface area contributed by atoms with Crippen LogP contribution in [0.2, 0.25) is 0 Å². The van der Waals surface area contributed by atoms with Crippen molar-refractivity contribution < 1.29 is 4.79 Å². The summed E-state index contributed by atoms with van der Waals surface area (Å²) in [5.74, 6) is 1.39. The molecule has 2 heterocycles. The molecule has 1 saturated heterocycles. The van der Waals surface area contributed by atoms with Crippen LogP contribution >= 0.6 is 24.0 Å². The first-order chi connectivity index (χ1) is 12.2. The fraction of sp³-hybridized carbons (Fsp3) is 0.611. The molecule has 0 saturated carbocycles. The fourth-order valence-corrected chi connectivity index (χ4v) is 3.04. The highest BCUT2D eigenvalue weighted by Crippen LogP contribution is 2.24. The van der Waals surface area contributed by atoms with Gasteiger partial charge < -0.3 is 21.3 Å². The van der Waals surface area contributed by atoms with E-state index in [0.29, 0.717) is 13.1 Å². The molecule has 0 bridgehead atoms. The van der Waals surface area contributed by atoms with E-state index < -0.39 is 0 Å². The smallest absolute Gasteiger partial charge is 0.222 e. The van der Waals surface area contributed by atoms with E-state index in [1.165, 1.54) is 0 Å². The minimum Gasteiger partial charge on any atom is -0.369 e. The van der Waals surface area contributed by atoms with Crippen molar-refractivity contribution in [1.29, 1.82) is 0 Å². The second-order valence-corrected chi connectivity index (χ2v) is 6.38. The first-order valence-electron chi connectivity index (χ1n) is 9.08. The molecule has 2 rings (SSSR count). The maximum absolute atomic E-state index is 11.5. The van der Waals surface area contributed by atoms with E-state index in [2.05, 4.69) is 38.5 Å². The lowest BCUT2D eigenvalue weighted by Gasteiger charge is -2.33. The van der Waals surface area contributed by atoms with Crippen molar-refractivity contribution in [3.8, 4) is 0 Å². The van der Waals surface area contributed by atoms with Crippen LogP contribution in [0.5, 0.6) is 0 Å². The van der Waals surface area contributed by atoms with E-state index in [1.54, 1.807) is 13.2 Å². The quantitative estimate of drug-likeness (QED) is 0.243. The lowest BCUT2D eigenvalue weighted by atomic mass is 9.97. The average molecular weight is 474 g/mol. The van der Waals surface area contributed by atoms with Gasteiger partial charge in [0.2, 0.25) is 5.91 Å². The number of nitrogens with zero attached hydrogens (tertiary/aromatic N) is 3. The Labute approximate surface area is 173 Å². The van der Waals surface area contributed by atoms with Crippen LogP contribution < -0.4 is 21.3 Å². The summed E-state index contributed by atoms with van der Waals surface area (Å²) < 4.78 is 0. The number of aliphatic imine (C=N–C) groups is 1. The predicted molar refractivity (Wildman–Crippen MR) is 117 cm³/mol. The zero-order valence-corrected chi connectivity index (χ0v) is 18.0. The normalized spacial score (nSPS) is 17.4. The molecule has 1 fully saturated rings. The van der Waals surface area contributed by atoms with E-state index in [1.807, 2.05) is 6.07 Å². The zero-order valence-electron chi connectivity index (χ0n) is 15.7. The summed E-state index contributed by atoms with van der Waals surface area (Å²) in [6, 6.07) is 3.99. The number of primary amides is 1. The molecule has 1 aliphatic rings. The van der Waals surface area contributed by atoms with Crippen molar-refractivity contribution in [2.75, 3.05) is 31.6 Å². The van der Waals surface area contributed by atoms with E-state index >= 15 is 0 Å². The molecule has 8 heteroatoms. The largest absolute Gasteiger partial charge is 0.369 e. The molecule has 0 spiro atoms. The second-order valence-electron chi connectivity index (χ2n) is 6.38. The number of carbonyl (C=O) groups excluding carboxylic acids is 1. The van der Waals surface area contributed by atoms with Crippen molar-refractivity contribution in [3.63, 3.8) is 0 Å². The van der Waals surface area contributed by atoms with Crippen LogP contribution in [-0.2, 0) is 11.3 Å². The molecule has 0 aliphatic carbocycles. The lowest BCUT2D eigenvalue weighted by molar-refractivity contribution is -0.122. The molecule has 1 atom stereocenters. The SMILES string of the molecule is CCCCNC(=NC)NCc1cccnc1N1CCCC(C(N)=O)C1.I. The van der Waals surface area contributed by atoms with Gasteiger partial charge in [0.1, 0.15) is 5.82 Å². The van der Waals surface area contributed by atoms with E-state index in [4.69, 9.17) is 5.73 Å². The van der Waals surface area contributed by atoms with Gasteiger partial charge in [0.05, 0.1) is 5.92 Å². The van der Waals surface area contributed by atoms with Crippen LogP contribution in [0.1, 0.15) is 38.2 Å². The second kappa shape index (κ2) is 11.9. The highest BCUT2D eigenvalue weighted by Gasteiger charge is 2.25. The Bertz CT molecular complexity index is 595. The molecule has 1 aliphatic heterocycles. The van der Waals surface area contributed by atoms with Crippen molar-refractivity contribution in [2.24, 2.45) is 16.6 Å². The molecule has 1 aromatic heterocycles. The monoisotopic (exact) mass is 474 g/mol. The Morgan fingerprint density at radius 2 is 2.27 bits per heavy atom. The highest BCUT2D eigenvalue weighted by molar-refractivity contribution is 14.0. The Hall–Kier alpha value is -1.58. The topological polar surface area (TPSA) is 95.6 Å². The molecule has 7 nitrogen and oxygen atoms in total. The van der Waals surface area contributed by atoms with Crippen molar-refractivity contribution in [3.05, 3.63) is 23.9 Å². The number of nitrogens with one attached hydrogen (secondary N) is 2. The Kier molecular flexibility index (Phi) is 10.3. The van der Waals surface area contributed by atoms with Gasteiger partial charge in [-0.05, 0) is 25.3 Å². The molecule has 1 aromatic rings. The molecule has 26 heavy (non-hydrogen) atoms. The van der Waals surface area contributed by atoms with E-state index in [0.717, 1.165) is 56.1 Å². The van der Waals surface area contributed by atoms with E-state index in [9.17, 15) is 4.79 Å². The Morgan fingerprint density at radius 3 is 2.96 bits per heavy atom. The summed E-state index contributed by atoms with van der Waals surface area (Å²) >= 11 is 0. The predicted octanol–water partition coefficient (Wildman–Crippen LogP) is 1.87. The third-order valence-corrected chi connectivity index (χ3v) is 4.48. The molecule has 146 valence electrons. The molecular weight excluding hydrogens is 443 g/mol. The number of guanidine groups is 1. The standard InChI is InChI=1S/C18H30N6O.HI/c1-3-4-9-22-18(20-2)23-12-14-7-5-10-21-17(14)24-11-6-8-15(13-24)16(19)25;/h5,7,10,15H,3-4,6,8-9,11-13H2,1-2H3,(H2,19,25)(H2,20,22,23);1H. The minimum absolute atomic E-state index is 0. The van der Waals surface area contributed by atoms with Crippen molar-refractivity contribution >= 4 is 41.7 Å². The molecular formula is C18H31IN6O. The number of anilines is 1. The number of hydrogen-bond donors (Lipinski definition) is 3. The first kappa shape index (κ1) is 22.5. The molecule has 4 N–H and O–H groups in total. The third kappa shape index (κ3) is 6.62. The summed E-state index contributed by atoms with van der Waals surface area (Å²) in [5.41, 5.74) is 6.59. The number of unbranched alkanes of at least 4 members (excludes halogenated alkanes) is 1. The third-order valence-electron chi connectivity index (χ3n) is 4.48. The van der Waals surface area contributed by atoms with E-state index in [-0.39, 0.29) is 35.8 Å². The lowest BCUT2D eigenvalue weighted by Crippen LogP contribution is -2.42. The molecule has 1 unspecified atom stereocenters. The maximum atomic E-state index is 11.5. The highest BCUT2D eigenvalue weighted by atomic mass is 127. The molecule has 1 amide bonds. The number of pyridine rings is 1. The van der Waals surface area contributed by atoms with Crippen LogP contribution in [0.25, 0.3) is 0 Å². The number of rotatable bonds is 7. The van der Waals surface area contributed by atoms with Gasteiger partial charge in [-0.2, -0.15) is 0 Å². The summed E-state index contributed by atoms with van der Waals surface area (Å²) in [6.45, 7) is 5.24. The Balaban J connectivity index is 0.00000338. The average Bonchev–Trinajstić information content (AvgIpc) is 2.65. The van der Waals surface area contributed by atoms with Gasteiger partial charge in [0.15, 0.2) is 5.96 Å². The number of hydrogen-bond acceptors (Lipinski definition) is 4. The number of amides is 1. The van der Waals surface area contributed by atoms with Gasteiger partial charge in [-0.1, -0.05) is 19.4 Å². The maximum Gasteiger partial charge on any atom is 0.222 e. The van der Waals surface area contributed by atoms with Gasteiger partial charge >= 0.3 is 0 Å². The summed E-state index contributed by atoms with van der Waals surface area (Å²) in [5, 5.41) is 6.64. The van der Waals surface area contributed by atoms with Crippen LogP contribution in [0.15, 0.2) is 23.3 Å². The number of carbonyl (C=O) groups is 1. The fourth-order valence-electron chi connectivity index (χ4n) is 3.04. The van der Waals surface area contributed by atoms with Gasteiger partial charge in [-0.15, -0.1) is 24.0 Å². The molecule has 0 aromatic carbocycles. The van der Waals surface area contributed by atoms with Crippen LogP contribution in [0.3, 0.4) is 0 Å². The number of nitrogens with two attached hydrogens (primary N) is 1. The summed E-state index contributed by atoms with van der Waals surface area (Å²) in [6.07, 6.45) is 5.87. The summed E-state index contributed by atoms with van der Waals surface area (Å²) in [4.78, 5) is 22.5. The number of halogens is 1. The van der Waals surface area contributed by atoms with Crippen LogP contribution in [-0.4, -0.2) is 43.5 Å². The number of piperidine rings is 1. The van der Waals surface area contributed by atoms with Crippen LogP contribution in [0.4, 0.5) is 5.82 Å². The zero-order chi connectivity index (χ0) is 18.1. The van der Waals surface area contributed by atoms with Crippen LogP contribution in [0, 0.1) is 5.92 Å². The van der Waals surface area contributed by atoms with Crippen molar-refractivity contribution in [2.45, 2.75) is 39.2 Å². The van der Waals surface area contributed by atoms with Gasteiger partial charge in [-0.3, -0.25) is 9.79 Å². The van der Waals surface area contributed by atoms with Gasteiger partial charge in [0.25, 0.3) is 0 Å². The Morgan fingerprint density at radius 1 is 1.46 bits per heavy atom. The number of aromatic nitrogens is 1. The molecule has 0 radical (unpaired) electrons. The van der Waals surface area contributed by atoms with Gasteiger partial charge in [0, 0.05) is 45.0 Å². The van der Waals surface area contributed by atoms with Gasteiger partial charge in [-0.25, -0.2) is 4.98 Å².